The van der Waals surface area contributed by atoms with E-state index in [1.807, 2.05) is 0 Å². The van der Waals surface area contributed by atoms with Crippen molar-refractivity contribution in [2.45, 2.75) is 31.3 Å². The average molecular weight is 284 g/mol. The maximum absolute atomic E-state index is 10.9. The molecule has 3 rings (SSSR count). The van der Waals surface area contributed by atoms with Crippen molar-refractivity contribution < 1.29 is 17.8 Å². The summed E-state index contributed by atoms with van der Waals surface area (Å²) in [7, 11) is -4.30. The Bertz CT molecular complexity index is 589. The Labute approximate surface area is 112 Å². The highest BCUT2D eigenvalue weighted by Crippen LogP contribution is 2.32. The van der Waals surface area contributed by atoms with Crippen molar-refractivity contribution in [3.05, 3.63) is 24.3 Å². The van der Waals surface area contributed by atoms with Gasteiger partial charge in [0.1, 0.15) is 0 Å². The molecular formula is C12H16N2O4S. The summed E-state index contributed by atoms with van der Waals surface area (Å²) < 4.78 is 30.6. The molecule has 6 nitrogen and oxygen atoms in total. The lowest BCUT2D eigenvalue weighted by molar-refractivity contribution is -0.121. The highest BCUT2D eigenvalue weighted by atomic mass is 32.2. The second-order valence-electron chi connectivity index (χ2n) is 4.81. The number of nitrogens with one attached hydrogen (secondary N) is 2. The number of carbonyl (C=O) groups excluding carboxylic acids is 1. The zero-order chi connectivity index (χ0) is 14.3. The molecule has 104 valence electrons. The first kappa shape index (κ1) is 14.0. The second kappa shape index (κ2) is 4.59. The fraction of sp³-hybridized carbons (Fsp3) is 0.417. The molecule has 0 saturated carbocycles. The topological polar surface area (TPSA) is 95.5 Å². The summed E-state index contributed by atoms with van der Waals surface area (Å²) in [4.78, 5) is 9.01. The Balaban J connectivity index is 0.000000180. The number of fused-ring (bicyclic) bond motifs is 1. The first-order chi connectivity index (χ1) is 8.73. The average Bonchev–Trinajstić information content (AvgIpc) is 2.82. The zero-order valence-electron chi connectivity index (χ0n) is 10.7. The lowest BCUT2D eigenvalue weighted by Crippen LogP contribution is -2.74. The molecule has 3 aliphatic rings. The van der Waals surface area contributed by atoms with Gasteiger partial charge in [-0.2, -0.15) is 8.42 Å². The molecule has 19 heavy (non-hydrogen) atoms. The fourth-order valence-electron chi connectivity index (χ4n) is 2.10. The second-order valence-corrected chi connectivity index (χ2v) is 6.46. The molecule has 0 aromatic rings. The van der Waals surface area contributed by atoms with Crippen LogP contribution in [0.25, 0.3) is 11.1 Å². The van der Waals surface area contributed by atoms with Gasteiger partial charge in [0.15, 0.2) is 0 Å². The van der Waals surface area contributed by atoms with Gasteiger partial charge in [-0.3, -0.25) is 14.7 Å². The number of benzene rings is 1. The minimum Gasteiger partial charge on any atom is -0.323 e. The predicted octanol–water partition coefficient (Wildman–Crippen LogP) is 0.713. The van der Waals surface area contributed by atoms with Crippen LogP contribution in [0.15, 0.2) is 24.3 Å². The van der Waals surface area contributed by atoms with Crippen LogP contribution < -0.4 is 10.6 Å². The van der Waals surface area contributed by atoms with Crippen molar-refractivity contribution in [1.82, 2.24) is 10.6 Å². The molecule has 2 aliphatic carbocycles. The van der Waals surface area contributed by atoms with Crippen molar-refractivity contribution in [3.63, 3.8) is 0 Å². The summed E-state index contributed by atoms with van der Waals surface area (Å²) in [5.41, 5.74) is 2.85. The highest BCUT2D eigenvalue weighted by molar-refractivity contribution is 7.87. The SMILES string of the molecule is CC(=O)NC1(S(=O)(=O)O)CC(C)N1.c1cc2cc-2c1. The monoisotopic (exact) mass is 284 g/mol. The van der Waals surface area contributed by atoms with Crippen LogP contribution in [0.5, 0.6) is 0 Å². The number of amides is 1. The lowest BCUT2D eigenvalue weighted by atomic mass is 10.1. The van der Waals surface area contributed by atoms with Gasteiger partial charge < -0.3 is 5.32 Å². The van der Waals surface area contributed by atoms with E-state index in [-0.39, 0.29) is 12.5 Å². The Morgan fingerprint density at radius 2 is 2.00 bits per heavy atom. The van der Waals surface area contributed by atoms with Gasteiger partial charge in [-0.25, -0.2) is 0 Å². The van der Waals surface area contributed by atoms with E-state index in [1.54, 1.807) is 6.92 Å². The highest BCUT2D eigenvalue weighted by Gasteiger charge is 2.52. The van der Waals surface area contributed by atoms with Gasteiger partial charge in [-0.1, -0.05) is 18.2 Å². The Hall–Kier alpha value is -1.44. The lowest BCUT2D eigenvalue weighted by Gasteiger charge is -2.44. The Morgan fingerprint density at radius 3 is 2.21 bits per heavy atom. The molecule has 1 amide bonds. The molecule has 2 atom stereocenters. The van der Waals surface area contributed by atoms with Crippen LogP contribution in [-0.2, 0) is 14.9 Å². The van der Waals surface area contributed by atoms with Crippen LogP contribution in [0.1, 0.15) is 20.3 Å². The molecule has 1 saturated heterocycles. The molecule has 0 aromatic heterocycles. The van der Waals surface area contributed by atoms with Gasteiger partial charge in [0.2, 0.25) is 10.9 Å². The molecule has 0 bridgehead atoms. The van der Waals surface area contributed by atoms with E-state index in [9.17, 15) is 13.2 Å². The molecule has 0 aromatic carbocycles. The van der Waals surface area contributed by atoms with Gasteiger partial charge in [0.25, 0.3) is 0 Å². The maximum atomic E-state index is 10.9. The summed E-state index contributed by atoms with van der Waals surface area (Å²) in [5.74, 6) is -0.503. The van der Waals surface area contributed by atoms with Crippen LogP contribution >= 0.6 is 0 Å². The van der Waals surface area contributed by atoms with Gasteiger partial charge in [-0.15, -0.1) is 0 Å². The molecular weight excluding hydrogens is 268 g/mol. The zero-order valence-corrected chi connectivity index (χ0v) is 11.5. The minimum absolute atomic E-state index is 0.0335. The van der Waals surface area contributed by atoms with Gasteiger partial charge >= 0.3 is 10.1 Å². The van der Waals surface area contributed by atoms with Crippen molar-refractivity contribution in [3.8, 4) is 11.1 Å². The molecule has 1 aliphatic heterocycles. The third-order valence-corrected chi connectivity index (χ3v) is 4.27. The first-order valence-corrected chi connectivity index (χ1v) is 7.31. The van der Waals surface area contributed by atoms with Crippen LogP contribution in [0.2, 0.25) is 0 Å². The van der Waals surface area contributed by atoms with Crippen LogP contribution in [-0.4, -0.2) is 29.9 Å². The van der Waals surface area contributed by atoms with E-state index in [0.717, 1.165) is 0 Å². The van der Waals surface area contributed by atoms with Crippen LogP contribution in [0.3, 0.4) is 0 Å². The fourth-order valence-corrected chi connectivity index (χ4v) is 3.18. The number of hydrogen-bond acceptors (Lipinski definition) is 4. The summed E-state index contributed by atoms with van der Waals surface area (Å²) in [5, 5.41) is 4.73. The Morgan fingerprint density at radius 1 is 1.47 bits per heavy atom. The standard InChI is InChI=1S/C6H12N2O4S.C6H4/c1-4-3-6(7-4,8-5(2)9)13(10,11)12;1-2-5-4-6(5)3-1/h4,7H,3H2,1-2H3,(H,8,9)(H,10,11,12);1-4H. The van der Waals surface area contributed by atoms with Gasteiger partial charge in [0, 0.05) is 19.4 Å². The molecule has 0 spiro atoms. The summed E-state index contributed by atoms with van der Waals surface area (Å²) in [6.45, 7) is 2.95. The molecule has 1 fully saturated rings. The maximum Gasteiger partial charge on any atom is 0.303 e. The molecule has 1 heterocycles. The molecule has 3 N–H and O–H groups in total. The quantitative estimate of drug-likeness (QED) is 0.706. The largest absolute Gasteiger partial charge is 0.323 e. The molecule has 2 unspecified atom stereocenters. The van der Waals surface area contributed by atoms with Crippen LogP contribution in [0.4, 0.5) is 0 Å². The predicted molar refractivity (Wildman–Crippen MR) is 70.7 cm³/mol. The van der Waals surface area contributed by atoms with Gasteiger partial charge in [-0.05, 0) is 24.1 Å². The summed E-state index contributed by atoms with van der Waals surface area (Å²) >= 11 is 0. The van der Waals surface area contributed by atoms with Crippen molar-refractivity contribution in [2.24, 2.45) is 0 Å². The van der Waals surface area contributed by atoms with E-state index < -0.39 is 21.0 Å². The van der Waals surface area contributed by atoms with E-state index >= 15 is 0 Å². The van der Waals surface area contributed by atoms with E-state index in [1.165, 1.54) is 18.1 Å². The van der Waals surface area contributed by atoms with Crippen molar-refractivity contribution in [2.75, 3.05) is 0 Å². The summed E-state index contributed by atoms with van der Waals surface area (Å²) in [6, 6.07) is 8.45. The summed E-state index contributed by atoms with van der Waals surface area (Å²) in [6.07, 6.45) is 0.172. The van der Waals surface area contributed by atoms with Gasteiger partial charge in [0.05, 0.1) is 0 Å². The number of carbonyl (C=O) groups is 1. The molecule has 0 radical (unpaired) electrons. The smallest absolute Gasteiger partial charge is 0.303 e. The first-order valence-electron chi connectivity index (χ1n) is 5.87. The molecule has 7 heteroatoms. The van der Waals surface area contributed by atoms with Crippen LogP contribution in [0, 0.1) is 0 Å². The minimum atomic E-state index is -4.30. The van der Waals surface area contributed by atoms with Crippen molar-refractivity contribution in [1.29, 1.82) is 0 Å². The Kier molecular flexibility index (Phi) is 3.38. The van der Waals surface area contributed by atoms with E-state index in [0.29, 0.717) is 0 Å². The number of rotatable bonds is 2. The third-order valence-electron chi connectivity index (χ3n) is 3.00. The number of hydrogen-bond donors (Lipinski definition) is 3. The van der Waals surface area contributed by atoms with E-state index in [2.05, 4.69) is 34.9 Å². The van der Waals surface area contributed by atoms with E-state index in [4.69, 9.17) is 4.55 Å². The van der Waals surface area contributed by atoms with Crippen molar-refractivity contribution >= 4 is 16.0 Å². The third kappa shape index (κ3) is 2.94. The normalized spacial score (nSPS) is 26.6.